The Balaban J connectivity index is 1.27. The molecular weight excluding hydrogens is 452 g/mol. The molecule has 2 aromatic carbocycles. The second-order valence-electron chi connectivity index (χ2n) is 8.33. The number of amides is 2. The van der Waals surface area contributed by atoms with Crippen LogP contribution in [0.3, 0.4) is 0 Å². The number of methoxy groups -OCH3 is 1. The number of carbonyl (C=O) groups excluding carboxylic acids is 2. The molecular formula is C24H28N6O3S. The van der Waals surface area contributed by atoms with Gasteiger partial charge in [0.05, 0.1) is 24.5 Å². The Hall–Kier alpha value is -3.08. The number of hydrazine groups is 1. The third-order valence-electron chi connectivity index (χ3n) is 6.34. The van der Waals surface area contributed by atoms with Gasteiger partial charge in [-0.05, 0) is 24.3 Å². The van der Waals surface area contributed by atoms with E-state index in [-0.39, 0.29) is 29.7 Å². The van der Waals surface area contributed by atoms with Crippen LogP contribution in [-0.2, 0) is 9.59 Å². The lowest BCUT2D eigenvalue weighted by molar-refractivity contribution is -0.128. The maximum Gasteiger partial charge on any atom is 0.241 e. The number of piperazine rings is 1. The van der Waals surface area contributed by atoms with Gasteiger partial charge in [-0.15, -0.1) is 0 Å². The predicted octanol–water partition coefficient (Wildman–Crippen LogP) is 1.53. The zero-order valence-corrected chi connectivity index (χ0v) is 19.8. The Morgan fingerprint density at radius 2 is 1.82 bits per heavy atom. The van der Waals surface area contributed by atoms with Crippen molar-refractivity contribution in [3.8, 4) is 5.75 Å². The number of aliphatic imine (C=N–C) groups is 1. The van der Waals surface area contributed by atoms with Crippen molar-refractivity contribution in [1.29, 1.82) is 0 Å². The van der Waals surface area contributed by atoms with Crippen LogP contribution in [0.4, 0.5) is 11.4 Å². The van der Waals surface area contributed by atoms with Crippen LogP contribution in [0, 0.1) is 5.92 Å². The van der Waals surface area contributed by atoms with Gasteiger partial charge in [-0.25, -0.2) is 10.4 Å². The van der Waals surface area contributed by atoms with E-state index in [0.29, 0.717) is 36.2 Å². The molecule has 3 heterocycles. The quantitative estimate of drug-likeness (QED) is 0.671. The molecule has 2 N–H and O–H groups in total. The van der Waals surface area contributed by atoms with Crippen molar-refractivity contribution in [3.63, 3.8) is 0 Å². The van der Waals surface area contributed by atoms with E-state index >= 15 is 0 Å². The lowest BCUT2D eigenvalue weighted by Crippen LogP contribution is -2.51. The van der Waals surface area contributed by atoms with Crippen LogP contribution in [0.2, 0.25) is 0 Å². The molecule has 0 radical (unpaired) electrons. The van der Waals surface area contributed by atoms with Crippen molar-refractivity contribution < 1.29 is 14.3 Å². The molecule has 178 valence electrons. The molecule has 2 atom stereocenters. The van der Waals surface area contributed by atoms with Crippen molar-refractivity contribution in [3.05, 3.63) is 54.6 Å². The zero-order chi connectivity index (χ0) is 23.5. The number of nitrogens with zero attached hydrogens (tertiary/aromatic N) is 4. The minimum Gasteiger partial charge on any atom is -0.495 e. The fraction of sp³-hybridized carbons (Fsp3) is 0.375. The Labute approximate surface area is 203 Å². The standard InChI is InChI=1S/C24H28N6O3S/c1-33-20-10-6-5-9-19(20)30-23(32)18-15-25-27-22(18)26-24(30)34-16-21(31)29-13-11-28(12-14-29)17-7-3-2-4-8-17/h2-10,18,22,25,27H,11-16H2,1H3. The van der Waals surface area contributed by atoms with Crippen LogP contribution in [0.25, 0.3) is 0 Å². The summed E-state index contributed by atoms with van der Waals surface area (Å²) in [6.45, 7) is 3.44. The maximum absolute atomic E-state index is 13.4. The number of fused-ring (bicyclic) bond motifs is 1. The van der Waals surface area contributed by atoms with E-state index in [1.54, 1.807) is 12.0 Å². The van der Waals surface area contributed by atoms with E-state index in [2.05, 4.69) is 27.9 Å². The van der Waals surface area contributed by atoms with Crippen molar-refractivity contribution >= 4 is 40.1 Å². The first-order valence-corrected chi connectivity index (χ1v) is 12.4. The monoisotopic (exact) mass is 480 g/mol. The summed E-state index contributed by atoms with van der Waals surface area (Å²) in [7, 11) is 1.58. The summed E-state index contributed by atoms with van der Waals surface area (Å²) in [5.74, 6) is 0.482. The fourth-order valence-corrected chi connectivity index (χ4v) is 5.42. The van der Waals surface area contributed by atoms with Crippen molar-refractivity contribution in [2.45, 2.75) is 6.17 Å². The summed E-state index contributed by atoms with van der Waals surface area (Å²) in [6, 6.07) is 17.6. The predicted molar refractivity (Wildman–Crippen MR) is 134 cm³/mol. The molecule has 0 saturated carbocycles. The first kappa shape index (κ1) is 22.7. The van der Waals surface area contributed by atoms with Crippen LogP contribution in [0.1, 0.15) is 0 Å². The lowest BCUT2D eigenvalue weighted by atomic mass is 10.0. The minimum absolute atomic E-state index is 0.0486. The van der Waals surface area contributed by atoms with Gasteiger partial charge in [-0.2, -0.15) is 0 Å². The highest BCUT2D eigenvalue weighted by atomic mass is 32.2. The van der Waals surface area contributed by atoms with Gasteiger partial charge in [0.2, 0.25) is 11.8 Å². The first-order valence-electron chi connectivity index (χ1n) is 11.4. The number of nitrogens with one attached hydrogen (secondary N) is 2. The van der Waals surface area contributed by atoms with Crippen molar-refractivity contribution in [2.24, 2.45) is 10.9 Å². The number of carbonyl (C=O) groups is 2. The topological polar surface area (TPSA) is 89.5 Å². The number of anilines is 2. The second-order valence-corrected chi connectivity index (χ2v) is 9.27. The molecule has 34 heavy (non-hydrogen) atoms. The molecule has 0 spiro atoms. The Bertz CT molecular complexity index is 1070. The molecule has 3 aliphatic heterocycles. The van der Waals surface area contributed by atoms with Gasteiger partial charge in [0.1, 0.15) is 11.9 Å². The molecule has 2 unspecified atom stereocenters. The SMILES string of the molecule is COc1ccccc1N1C(=O)C2CNNC2N=C1SCC(=O)N1CCN(c2ccccc2)CC1. The molecule has 2 fully saturated rings. The van der Waals surface area contributed by atoms with Gasteiger partial charge >= 0.3 is 0 Å². The Morgan fingerprint density at radius 1 is 1.09 bits per heavy atom. The average Bonchev–Trinajstić information content (AvgIpc) is 3.37. The number of thioether (sulfide) groups is 1. The van der Waals surface area contributed by atoms with E-state index in [9.17, 15) is 9.59 Å². The van der Waals surface area contributed by atoms with Gasteiger partial charge in [0, 0.05) is 38.4 Å². The Morgan fingerprint density at radius 3 is 2.59 bits per heavy atom. The van der Waals surface area contributed by atoms with E-state index in [1.807, 2.05) is 47.4 Å². The first-order chi connectivity index (χ1) is 16.7. The smallest absolute Gasteiger partial charge is 0.241 e. The second kappa shape index (κ2) is 10.0. The zero-order valence-electron chi connectivity index (χ0n) is 19.0. The van der Waals surface area contributed by atoms with E-state index in [1.165, 1.54) is 17.4 Å². The molecule has 9 nitrogen and oxygen atoms in total. The van der Waals surface area contributed by atoms with Gasteiger partial charge in [0.25, 0.3) is 0 Å². The molecule has 2 amide bonds. The molecule has 3 aliphatic rings. The van der Waals surface area contributed by atoms with Crippen molar-refractivity contribution in [1.82, 2.24) is 15.8 Å². The molecule has 2 aromatic rings. The number of benzene rings is 2. The summed E-state index contributed by atoms with van der Waals surface area (Å²) < 4.78 is 5.50. The van der Waals surface area contributed by atoms with Gasteiger partial charge in [-0.3, -0.25) is 19.9 Å². The third-order valence-corrected chi connectivity index (χ3v) is 7.27. The molecule has 0 aliphatic carbocycles. The highest BCUT2D eigenvalue weighted by Gasteiger charge is 2.43. The molecule has 0 bridgehead atoms. The lowest BCUT2D eigenvalue weighted by Gasteiger charge is -2.36. The van der Waals surface area contributed by atoms with Crippen LogP contribution >= 0.6 is 11.8 Å². The highest BCUT2D eigenvalue weighted by molar-refractivity contribution is 8.14. The number of ether oxygens (including phenoxy) is 1. The van der Waals surface area contributed by atoms with Gasteiger partial charge in [0.15, 0.2) is 5.17 Å². The number of para-hydroxylation sites is 3. The summed E-state index contributed by atoms with van der Waals surface area (Å²) in [5, 5.41) is 0.503. The summed E-state index contributed by atoms with van der Waals surface area (Å²) in [6.07, 6.45) is -0.342. The van der Waals surface area contributed by atoms with Crippen molar-refractivity contribution in [2.75, 3.05) is 55.4 Å². The van der Waals surface area contributed by atoms with E-state index in [0.717, 1.165) is 13.1 Å². The normalized spacial score (nSPS) is 22.4. The molecule has 0 aromatic heterocycles. The number of hydrogen-bond acceptors (Lipinski definition) is 8. The van der Waals surface area contributed by atoms with Crippen LogP contribution in [0.15, 0.2) is 59.6 Å². The average molecular weight is 481 g/mol. The largest absolute Gasteiger partial charge is 0.495 e. The van der Waals surface area contributed by atoms with Gasteiger partial charge < -0.3 is 14.5 Å². The van der Waals surface area contributed by atoms with Crippen LogP contribution < -0.4 is 25.4 Å². The summed E-state index contributed by atoms with van der Waals surface area (Å²) in [5.41, 5.74) is 7.90. The van der Waals surface area contributed by atoms with Crippen LogP contribution in [-0.4, -0.2) is 73.6 Å². The summed E-state index contributed by atoms with van der Waals surface area (Å²) in [4.78, 5) is 37.0. The molecule has 10 heteroatoms. The Kier molecular flexibility index (Phi) is 6.70. The number of hydrogen-bond donors (Lipinski definition) is 2. The number of amidine groups is 1. The fourth-order valence-electron chi connectivity index (χ4n) is 4.48. The van der Waals surface area contributed by atoms with E-state index in [4.69, 9.17) is 9.73 Å². The minimum atomic E-state index is -0.342. The molecule has 5 rings (SSSR count). The van der Waals surface area contributed by atoms with E-state index < -0.39 is 0 Å². The third kappa shape index (κ3) is 4.48. The van der Waals surface area contributed by atoms with Crippen LogP contribution in [0.5, 0.6) is 5.75 Å². The maximum atomic E-state index is 13.4. The number of rotatable bonds is 5. The van der Waals surface area contributed by atoms with Gasteiger partial charge in [-0.1, -0.05) is 42.1 Å². The summed E-state index contributed by atoms with van der Waals surface area (Å²) >= 11 is 1.30. The molecule has 2 saturated heterocycles. The highest BCUT2D eigenvalue weighted by Crippen LogP contribution is 2.35.